The molecule has 1 aromatic carbocycles. The zero-order chi connectivity index (χ0) is 20.7. The maximum absolute atomic E-state index is 11.8. The number of hydrogen-bond donors (Lipinski definition) is 2. The first-order valence-corrected chi connectivity index (χ1v) is 8.82. The van der Waals surface area contributed by atoms with Crippen molar-refractivity contribution in [3.05, 3.63) is 49.4 Å². The van der Waals surface area contributed by atoms with Gasteiger partial charge in [0.25, 0.3) is 5.56 Å². The molecule has 2 aromatic rings. The average molecular weight is 389 g/mol. The monoisotopic (exact) mass is 389 g/mol. The van der Waals surface area contributed by atoms with Gasteiger partial charge in [0.05, 0.1) is 24.4 Å². The third-order valence-corrected chi connectivity index (χ3v) is 3.78. The van der Waals surface area contributed by atoms with Crippen LogP contribution in [0.15, 0.2) is 22.0 Å². The quantitative estimate of drug-likeness (QED) is 0.383. The van der Waals surface area contributed by atoms with Crippen LogP contribution < -0.4 is 20.5 Å². The van der Waals surface area contributed by atoms with Crippen molar-refractivity contribution >= 4 is 17.9 Å². The number of ether oxygens (including phenoxy) is 2. The summed E-state index contributed by atoms with van der Waals surface area (Å²) in [5, 5.41) is 15.4. The van der Waals surface area contributed by atoms with E-state index in [9.17, 15) is 14.9 Å². The van der Waals surface area contributed by atoms with Gasteiger partial charge in [0.1, 0.15) is 0 Å². The molecule has 0 aliphatic heterocycles. The molecule has 0 bridgehead atoms. The summed E-state index contributed by atoms with van der Waals surface area (Å²) in [7, 11) is 0. The molecule has 0 atom stereocenters. The molecular weight excluding hydrogens is 366 g/mol. The fraction of sp³-hybridized carbons (Fsp3) is 0.389. The molecule has 0 aliphatic carbocycles. The molecule has 0 amide bonds. The molecule has 1 heterocycles. The Bertz CT molecular complexity index is 939. The maximum atomic E-state index is 11.8. The Balaban J connectivity index is 2.33. The first-order valence-electron chi connectivity index (χ1n) is 8.82. The fourth-order valence-corrected chi connectivity index (χ4v) is 2.30. The molecule has 0 unspecified atom stereocenters. The Hall–Kier alpha value is -3.43. The highest BCUT2D eigenvalue weighted by molar-refractivity contribution is 5.83. The Morgan fingerprint density at radius 2 is 2.07 bits per heavy atom. The molecular formula is C18H23N5O5. The highest BCUT2D eigenvalue weighted by Crippen LogP contribution is 2.38. The standard InChI is InChI=1S/C18H23N5O5/c1-5-7-28-16-14(23(25)26)8-13(9-15(16)27-6-2)10-19-22-18-20-12(4)11(3)17(24)21-18/h8-10H,5-7H2,1-4H3,(H2,20,21,22,24)/b19-10-. The van der Waals surface area contributed by atoms with Gasteiger partial charge in [0.15, 0.2) is 5.75 Å². The molecule has 28 heavy (non-hydrogen) atoms. The first-order chi connectivity index (χ1) is 13.4. The van der Waals surface area contributed by atoms with Gasteiger partial charge in [-0.25, -0.2) is 10.4 Å². The molecule has 150 valence electrons. The second-order valence-corrected chi connectivity index (χ2v) is 5.90. The molecule has 0 fully saturated rings. The molecule has 10 heteroatoms. The SMILES string of the molecule is CCCOc1c(OCC)cc(/C=N\Nc2nc(C)c(C)c(=O)[nH]2)cc1[N+](=O)[O-]. The largest absolute Gasteiger partial charge is 0.490 e. The molecule has 0 saturated carbocycles. The van der Waals surface area contributed by atoms with E-state index in [-0.39, 0.29) is 28.7 Å². The summed E-state index contributed by atoms with van der Waals surface area (Å²) in [6, 6.07) is 2.94. The van der Waals surface area contributed by atoms with Crippen LogP contribution in [0.1, 0.15) is 37.1 Å². The highest BCUT2D eigenvalue weighted by Gasteiger charge is 2.22. The molecule has 0 spiro atoms. The topological polar surface area (TPSA) is 132 Å². The van der Waals surface area contributed by atoms with Crippen molar-refractivity contribution in [3.8, 4) is 11.5 Å². The second kappa shape index (κ2) is 9.49. The number of nitrogens with one attached hydrogen (secondary N) is 2. The van der Waals surface area contributed by atoms with E-state index >= 15 is 0 Å². The Kier molecular flexibility index (Phi) is 7.08. The normalized spacial score (nSPS) is 10.9. The van der Waals surface area contributed by atoms with Crippen molar-refractivity contribution in [2.75, 3.05) is 18.6 Å². The lowest BCUT2D eigenvalue weighted by Gasteiger charge is -2.12. The van der Waals surface area contributed by atoms with Gasteiger partial charge in [-0.1, -0.05) is 6.92 Å². The molecule has 0 saturated heterocycles. The van der Waals surface area contributed by atoms with Crippen molar-refractivity contribution < 1.29 is 14.4 Å². The van der Waals surface area contributed by atoms with Gasteiger partial charge in [0, 0.05) is 22.9 Å². The number of nitro benzene ring substituents is 1. The summed E-state index contributed by atoms with van der Waals surface area (Å²) in [6.07, 6.45) is 2.07. The minimum Gasteiger partial charge on any atom is -0.490 e. The fourth-order valence-electron chi connectivity index (χ4n) is 2.30. The predicted molar refractivity (Wildman–Crippen MR) is 106 cm³/mol. The van der Waals surface area contributed by atoms with Crippen LogP contribution in [0.4, 0.5) is 11.6 Å². The summed E-state index contributed by atoms with van der Waals surface area (Å²) < 4.78 is 11.0. The van der Waals surface area contributed by atoms with E-state index in [1.807, 2.05) is 6.92 Å². The van der Waals surface area contributed by atoms with Gasteiger partial charge in [-0.05, 0) is 33.3 Å². The van der Waals surface area contributed by atoms with Crippen LogP contribution >= 0.6 is 0 Å². The lowest BCUT2D eigenvalue weighted by atomic mass is 10.2. The molecule has 0 radical (unpaired) electrons. The third kappa shape index (κ3) is 5.06. The van der Waals surface area contributed by atoms with Crippen molar-refractivity contribution in [2.45, 2.75) is 34.1 Å². The Labute approximate surface area is 161 Å². The Morgan fingerprint density at radius 3 is 2.68 bits per heavy atom. The van der Waals surface area contributed by atoms with Crippen molar-refractivity contribution in [3.63, 3.8) is 0 Å². The molecule has 2 rings (SSSR count). The summed E-state index contributed by atoms with van der Waals surface area (Å²) in [4.78, 5) is 29.4. The second-order valence-electron chi connectivity index (χ2n) is 5.90. The van der Waals surface area contributed by atoms with Crippen molar-refractivity contribution in [1.82, 2.24) is 9.97 Å². The third-order valence-electron chi connectivity index (χ3n) is 3.78. The molecule has 2 N–H and O–H groups in total. The van der Waals surface area contributed by atoms with Crippen LogP contribution in [0.2, 0.25) is 0 Å². The van der Waals surface area contributed by atoms with E-state index in [1.165, 1.54) is 12.3 Å². The van der Waals surface area contributed by atoms with Gasteiger partial charge in [-0.2, -0.15) is 5.10 Å². The zero-order valence-corrected chi connectivity index (χ0v) is 16.2. The average Bonchev–Trinajstić information content (AvgIpc) is 2.65. The van der Waals surface area contributed by atoms with Gasteiger partial charge >= 0.3 is 5.69 Å². The van der Waals surface area contributed by atoms with Crippen LogP contribution in [0.25, 0.3) is 0 Å². The van der Waals surface area contributed by atoms with E-state index in [1.54, 1.807) is 26.8 Å². The zero-order valence-electron chi connectivity index (χ0n) is 16.2. The number of hydrogen-bond acceptors (Lipinski definition) is 8. The number of benzene rings is 1. The van der Waals surface area contributed by atoms with Gasteiger partial charge in [0.2, 0.25) is 11.7 Å². The highest BCUT2D eigenvalue weighted by atomic mass is 16.6. The van der Waals surface area contributed by atoms with E-state index in [0.29, 0.717) is 36.5 Å². The first kappa shape index (κ1) is 20.9. The van der Waals surface area contributed by atoms with Crippen LogP contribution in [-0.4, -0.2) is 34.3 Å². The van der Waals surface area contributed by atoms with Crippen LogP contribution in [-0.2, 0) is 0 Å². The van der Waals surface area contributed by atoms with E-state index in [0.717, 1.165) is 0 Å². The van der Waals surface area contributed by atoms with Crippen LogP contribution in [0.5, 0.6) is 11.5 Å². The predicted octanol–water partition coefficient (Wildman–Crippen LogP) is 2.93. The number of aromatic amines is 1. The van der Waals surface area contributed by atoms with Crippen molar-refractivity contribution in [1.29, 1.82) is 0 Å². The smallest absolute Gasteiger partial charge is 0.315 e. The van der Waals surface area contributed by atoms with Crippen LogP contribution in [0.3, 0.4) is 0 Å². The van der Waals surface area contributed by atoms with Crippen LogP contribution in [0, 0.1) is 24.0 Å². The number of aryl methyl sites for hydroxylation is 1. The molecule has 10 nitrogen and oxygen atoms in total. The number of rotatable bonds is 9. The number of aromatic nitrogens is 2. The number of nitro groups is 1. The Morgan fingerprint density at radius 1 is 1.32 bits per heavy atom. The maximum Gasteiger partial charge on any atom is 0.315 e. The van der Waals surface area contributed by atoms with E-state index < -0.39 is 4.92 Å². The lowest BCUT2D eigenvalue weighted by molar-refractivity contribution is -0.386. The molecule has 1 aromatic heterocycles. The minimum atomic E-state index is -0.527. The minimum absolute atomic E-state index is 0.0963. The number of nitrogens with zero attached hydrogens (tertiary/aromatic N) is 3. The summed E-state index contributed by atoms with van der Waals surface area (Å²) in [5.74, 6) is 0.537. The van der Waals surface area contributed by atoms with Gasteiger partial charge < -0.3 is 9.47 Å². The summed E-state index contributed by atoms with van der Waals surface area (Å²) >= 11 is 0. The van der Waals surface area contributed by atoms with Gasteiger partial charge in [-0.3, -0.25) is 19.9 Å². The summed E-state index contributed by atoms with van der Waals surface area (Å²) in [6.45, 7) is 7.73. The molecule has 0 aliphatic rings. The van der Waals surface area contributed by atoms with Gasteiger partial charge in [-0.15, -0.1) is 0 Å². The number of hydrazone groups is 1. The van der Waals surface area contributed by atoms with Crippen molar-refractivity contribution in [2.24, 2.45) is 5.10 Å². The van der Waals surface area contributed by atoms with E-state index in [4.69, 9.17) is 9.47 Å². The van der Waals surface area contributed by atoms with E-state index in [2.05, 4.69) is 20.5 Å². The number of H-pyrrole nitrogens is 1. The lowest BCUT2D eigenvalue weighted by Crippen LogP contribution is -2.15. The summed E-state index contributed by atoms with van der Waals surface area (Å²) in [5.41, 5.74) is 3.66. The number of anilines is 1.